The summed E-state index contributed by atoms with van der Waals surface area (Å²) in [5, 5.41) is 0. The minimum atomic E-state index is 0.134. The largest absolute Gasteiger partial charge is 0.294 e. The van der Waals surface area contributed by atoms with Crippen molar-refractivity contribution >= 4 is 5.78 Å². The summed E-state index contributed by atoms with van der Waals surface area (Å²) < 4.78 is 0. The molecule has 1 heteroatoms. The van der Waals surface area contributed by atoms with Crippen LogP contribution in [0.5, 0.6) is 0 Å². The van der Waals surface area contributed by atoms with E-state index in [1.807, 2.05) is 32.0 Å². The molecule has 0 saturated heterocycles. The molecular formula is C13H17O. The van der Waals surface area contributed by atoms with Crippen LogP contribution < -0.4 is 0 Å². The van der Waals surface area contributed by atoms with E-state index in [0.29, 0.717) is 0 Å². The number of aryl methyl sites for hydroxylation is 1. The molecule has 1 aromatic rings. The first-order valence-corrected chi connectivity index (χ1v) is 5.18. The fourth-order valence-electron chi connectivity index (χ4n) is 1.62. The lowest BCUT2D eigenvalue weighted by atomic mass is 9.93. The van der Waals surface area contributed by atoms with E-state index >= 15 is 0 Å². The molecule has 1 rings (SSSR count). The van der Waals surface area contributed by atoms with Crippen LogP contribution in [0.15, 0.2) is 18.2 Å². The normalized spacial score (nSPS) is 12.5. The lowest BCUT2D eigenvalue weighted by molar-refractivity contribution is 0.0923. The van der Waals surface area contributed by atoms with E-state index in [0.717, 1.165) is 24.0 Å². The van der Waals surface area contributed by atoms with Gasteiger partial charge in [-0.05, 0) is 25.0 Å². The van der Waals surface area contributed by atoms with E-state index in [2.05, 4.69) is 13.0 Å². The summed E-state index contributed by atoms with van der Waals surface area (Å²) in [6.45, 7) is 6.04. The number of ketones is 1. The summed E-state index contributed by atoms with van der Waals surface area (Å²) >= 11 is 0. The lowest BCUT2D eigenvalue weighted by Crippen LogP contribution is -2.12. The summed E-state index contributed by atoms with van der Waals surface area (Å²) in [7, 11) is 0. The van der Waals surface area contributed by atoms with Gasteiger partial charge in [-0.1, -0.05) is 38.5 Å². The molecule has 0 saturated carbocycles. The van der Waals surface area contributed by atoms with Gasteiger partial charge in [0.15, 0.2) is 5.78 Å². The first kappa shape index (κ1) is 11.0. The molecular weight excluding hydrogens is 172 g/mol. The van der Waals surface area contributed by atoms with Crippen LogP contribution in [0.2, 0.25) is 0 Å². The van der Waals surface area contributed by atoms with Crippen molar-refractivity contribution in [1.82, 2.24) is 0 Å². The summed E-state index contributed by atoms with van der Waals surface area (Å²) in [4.78, 5) is 11.9. The van der Waals surface area contributed by atoms with Crippen LogP contribution in [0, 0.1) is 18.9 Å². The van der Waals surface area contributed by atoms with E-state index < -0.39 is 0 Å². The van der Waals surface area contributed by atoms with Gasteiger partial charge in [0.1, 0.15) is 0 Å². The minimum Gasteiger partial charge on any atom is -0.294 e. The zero-order valence-electron chi connectivity index (χ0n) is 9.13. The van der Waals surface area contributed by atoms with Gasteiger partial charge in [-0.2, -0.15) is 0 Å². The first-order chi connectivity index (χ1) is 6.66. The smallest absolute Gasteiger partial charge is 0.165 e. The van der Waals surface area contributed by atoms with E-state index in [4.69, 9.17) is 0 Å². The van der Waals surface area contributed by atoms with E-state index in [-0.39, 0.29) is 11.7 Å². The second-order valence-electron chi connectivity index (χ2n) is 3.76. The van der Waals surface area contributed by atoms with Crippen molar-refractivity contribution in [3.05, 3.63) is 35.4 Å². The van der Waals surface area contributed by atoms with Gasteiger partial charge >= 0.3 is 0 Å². The van der Waals surface area contributed by atoms with Crippen LogP contribution in [0.1, 0.15) is 42.6 Å². The number of benzene rings is 1. The summed E-state index contributed by atoms with van der Waals surface area (Å²) in [5.74, 6) is 0.385. The summed E-state index contributed by atoms with van der Waals surface area (Å²) in [6.07, 6.45) is 2.02. The second-order valence-corrected chi connectivity index (χ2v) is 3.76. The Balaban J connectivity index is 2.84. The summed E-state index contributed by atoms with van der Waals surface area (Å²) in [6, 6.07) is 8.66. The van der Waals surface area contributed by atoms with Gasteiger partial charge in [-0.25, -0.2) is 0 Å². The van der Waals surface area contributed by atoms with Crippen molar-refractivity contribution in [1.29, 1.82) is 0 Å². The first-order valence-electron chi connectivity index (χ1n) is 5.18. The molecule has 1 radical (unpaired) electrons. The fraction of sp³-hybridized carbons (Fsp3) is 0.462. The average molecular weight is 189 g/mol. The van der Waals surface area contributed by atoms with Crippen LogP contribution in [0.25, 0.3) is 0 Å². The van der Waals surface area contributed by atoms with Crippen LogP contribution in [0.4, 0.5) is 0 Å². The Bertz CT molecular complexity index is 315. The molecule has 0 amide bonds. The Morgan fingerprint density at radius 3 is 2.86 bits per heavy atom. The Morgan fingerprint density at radius 2 is 2.29 bits per heavy atom. The highest BCUT2D eigenvalue weighted by molar-refractivity contribution is 5.98. The highest BCUT2D eigenvalue weighted by Gasteiger charge is 2.15. The molecule has 0 aliphatic carbocycles. The van der Waals surface area contributed by atoms with Gasteiger partial charge in [-0.3, -0.25) is 4.79 Å². The fourth-order valence-corrected chi connectivity index (χ4v) is 1.62. The number of rotatable bonds is 4. The maximum absolute atomic E-state index is 11.9. The molecule has 0 spiro atoms. The van der Waals surface area contributed by atoms with Crippen LogP contribution in [-0.2, 0) is 0 Å². The lowest BCUT2D eigenvalue weighted by Gasteiger charge is -2.10. The van der Waals surface area contributed by atoms with E-state index in [9.17, 15) is 4.79 Å². The van der Waals surface area contributed by atoms with Gasteiger partial charge in [0.25, 0.3) is 0 Å². The monoisotopic (exact) mass is 189 g/mol. The topological polar surface area (TPSA) is 17.1 Å². The van der Waals surface area contributed by atoms with Crippen molar-refractivity contribution in [2.45, 2.75) is 33.6 Å². The van der Waals surface area contributed by atoms with Crippen molar-refractivity contribution in [2.75, 3.05) is 0 Å². The molecule has 0 fully saturated rings. The third kappa shape index (κ3) is 2.44. The summed E-state index contributed by atoms with van der Waals surface area (Å²) in [5.41, 5.74) is 1.79. The van der Waals surface area contributed by atoms with E-state index in [1.165, 1.54) is 0 Å². The number of Topliss-reactive ketones (excluding diaryl/α,β-unsaturated/α-hetero) is 1. The molecule has 0 aliphatic heterocycles. The molecule has 0 aromatic heterocycles. The molecule has 0 heterocycles. The Hall–Kier alpha value is -1.11. The van der Waals surface area contributed by atoms with Crippen molar-refractivity contribution in [3.8, 4) is 0 Å². The van der Waals surface area contributed by atoms with Crippen LogP contribution in [-0.4, -0.2) is 5.78 Å². The number of carbonyl (C=O) groups excluding carboxylic acids is 1. The molecule has 1 nitrogen and oxygen atoms in total. The van der Waals surface area contributed by atoms with Crippen LogP contribution in [0.3, 0.4) is 0 Å². The molecule has 1 unspecified atom stereocenters. The van der Waals surface area contributed by atoms with Gasteiger partial charge in [0, 0.05) is 11.5 Å². The van der Waals surface area contributed by atoms with Gasteiger partial charge in [0.2, 0.25) is 0 Å². The highest BCUT2D eigenvalue weighted by Crippen LogP contribution is 2.16. The predicted octanol–water partition coefficient (Wildman–Crippen LogP) is 3.41. The molecule has 1 atom stereocenters. The second kappa shape index (κ2) is 4.94. The molecule has 75 valence electrons. The maximum atomic E-state index is 11.9. The third-order valence-electron chi connectivity index (χ3n) is 2.50. The van der Waals surface area contributed by atoms with Gasteiger partial charge in [0.05, 0.1) is 0 Å². The molecule has 1 aromatic carbocycles. The average Bonchev–Trinajstić information content (AvgIpc) is 2.18. The van der Waals surface area contributed by atoms with Crippen molar-refractivity contribution in [3.63, 3.8) is 0 Å². The molecule has 0 aliphatic rings. The van der Waals surface area contributed by atoms with Gasteiger partial charge < -0.3 is 0 Å². The third-order valence-corrected chi connectivity index (χ3v) is 2.50. The number of hydrogen-bond acceptors (Lipinski definition) is 1. The number of carbonyl (C=O) groups is 1. The molecule has 0 N–H and O–H groups in total. The maximum Gasteiger partial charge on any atom is 0.165 e. The van der Waals surface area contributed by atoms with Crippen molar-refractivity contribution in [2.24, 2.45) is 5.92 Å². The van der Waals surface area contributed by atoms with Gasteiger partial charge in [-0.15, -0.1) is 0 Å². The molecule has 14 heavy (non-hydrogen) atoms. The zero-order chi connectivity index (χ0) is 10.6. The molecule has 0 bridgehead atoms. The quantitative estimate of drug-likeness (QED) is 0.663. The highest BCUT2D eigenvalue weighted by atomic mass is 16.1. The number of hydrogen-bond donors (Lipinski definition) is 0. The van der Waals surface area contributed by atoms with Crippen molar-refractivity contribution < 1.29 is 4.79 Å². The standard InChI is InChI=1S/C13H17O/c1-4-7-11(3)13(14)12-9-6-5-8-10(12)2/h5-6,9,11H,4,7H2,1-3H3. The zero-order valence-corrected chi connectivity index (χ0v) is 9.13. The SMILES string of the molecule is CCCC(C)C(=O)c1ccc[c]c1C. The Kier molecular flexibility index (Phi) is 3.87. The Labute approximate surface area is 86.1 Å². The van der Waals surface area contributed by atoms with Crippen LogP contribution >= 0.6 is 0 Å². The predicted molar refractivity (Wildman–Crippen MR) is 58.4 cm³/mol. The van der Waals surface area contributed by atoms with E-state index in [1.54, 1.807) is 0 Å². The Morgan fingerprint density at radius 1 is 1.57 bits per heavy atom. The minimum absolute atomic E-state index is 0.134.